The average molecular weight is 901 g/mol. The van der Waals surface area contributed by atoms with Crippen LogP contribution in [0.5, 0.6) is 0 Å². The average Bonchev–Trinajstić information content (AvgIpc) is 3.95. The van der Waals surface area contributed by atoms with Gasteiger partial charge in [-0.1, -0.05) is 140 Å². The van der Waals surface area contributed by atoms with Crippen molar-refractivity contribution in [1.29, 1.82) is 0 Å². The predicted molar refractivity (Wildman–Crippen MR) is 299 cm³/mol. The summed E-state index contributed by atoms with van der Waals surface area (Å²) in [6.07, 6.45) is 14.3. The van der Waals surface area contributed by atoms with Crippen molar-refractivity contribution < 1.29 is 0 Å². The zero-order valence-corrected chi connectivity index (χ0v) is 43.4. The van der Waals surface area contributed by atoms with E-state index in [1.807, 2.05) is 11.3 Å². The van der Waals surface area contributed by atoms with E-state index in [1.54, 1.807) is 0 Å². The van der Waals surface area contributed by atoms with E-state index < -0.39 is 0 Å². The molecule has 0 aliphatic heterocycles. The van der Waals surface area contributed by atoms with Crippen molar-refractivity contribution in [1.82, 2.24) is 9.13 Å². The fraction of sp³-hybridized carbons (Fsp3) is 0.312. The highest BCUT2D eigenvalue weighted by atomic mass is 32.1. The van der Waals surface area contributed by atoms with Gasteiger partial charge in [0.25, 0.3) is 0 Å². The number of aryl methyl sites for hydroxylation is 2. The summed E-state index contributed by atoms with van der Waals surface area (Å²) in [5.74, 6) is 0.769. The van der Waals surface area contributed by atoms with Gasteiger partial charge in [0.2, 0.25) is 0 Å². The number of hydrogen-bond acceptors (Lipinski definition) is 1. The predicted octanol–water partition coefficient (Wildman–Crippen LogP) is 19.1. The van der Waals surface area contributed by atoms with Crippen LogP contribution in [-0.2, 0) is 30.2 Å². The molecule has 0 bridgehead atoms. The molecule has 0 N–H and O–H groups in total. The molecule has 9 aromatic rings. The second-order valence-corrected chi connectivity index (χ2v) is 22.1. The molecule has 3 aromatic heterocycles. The summed E-state index contributed by atoms with van der Waals surface area (Å²) in [7, 11) is 0. The zero-order valence-electron chi connectivity index (χ0n) is 42.6. The number of nitrogens with zero attached hydrogens (tertiary/aromatic N) is 2. The molecule has 0 aliphatic carbocycles. The van der Waals surface area contributed by atoms with Gasteiger partial charge in [0.1, 0.15) is 0 Å². The van der Waals surface area contributed by atoms with Crippen LogP contribution in [0.1, 0.15) is 119 Å². The smallest absolute Gasteiger partial charge is 0.0541 e. The van der Waals surface area contributed by atoms with E-state index >= 15 is 0 Å². The Kier molecular flexibility index (Phi) is 13.8. The van der Waals surface area contributed by atoms with Gasteiger partial charge < -0.3 is 9.13 Å². The maximum absolute atomic E-state index is 2.51. The third-order valence-electron chi connectivity index (χ3n) is 14.2. The Morgan fingerprint density at radius 2 is 1.12 bits per heavy atom. The van der Waals surface area contributed by atoms with E-state index in [9.17, 15) is 0 Å². The topological polar surface area (TPSA) is 9.86 Å². The molecule has 0 fully saturated rings. The van der Waals surface area contributed by atoms with Gasteiger partial charge in [-0.2, -0.15) is 0 Å². The van der Waals surface area contributed by atoms with Crippen LogP contribution in [-0.4, -0.2) is 9.13 Å². The normalized spacial score (nSPS) is 13.8. The van der Waals surface area contributed by atoms with Crippen LogP contribution in [0.25, 0.3) is 69.5 Å². The van der Waals surface area contributed by atoms with E-state index in [2.05, 4.69) is 245 Å². The van der Waals surface area contributed by atoms with Gasteiger partial charge >= 0.3 is 0 Å². The minimum atomic E-state index is 0.0561. The molecule has 344 valence electrons. The lowest BCUT2D eigenvalue weighted by Crippen LogP contribution is -2.10. The third kappa shape index (κ3) is 9.77. The van der Waals surface area contributed by atoms with Crippen LogP contribution < -0.4 is 0 Å². The molecule has 0 spiro atoms. The van der Waals surface area contributed by atoms with Gasteiger partial charge in [0.15, 0.2) is 0 Å². The highest BCUT2D eigenvalue weighted by molar-refractivity contribution is 7.25. The van der Waals surface area contributed by atoms with Crippen LogP contribution in [0.3, 0.4) is 0 Å². The molecular weight excluding hydrogens is 829 g/mol. The number of hydrogen-bond donors (Lipinski definition) is 0. The van der Waals surface area contributed by atoms with Crippen molar-refractivity contribution in [2.45, 2.75) is 127 Å². The minimum Gasteiger partial charge on any atom is -0.337 e. The Morgan fingerprint density at radius 1 is 0.582 bits per heavy atom. The standard InChI is InChI=1S/C57H58N2S.C7H14/c1-11-14-36(2)38(4)37(3)29-30-58-50-24-19-39(31-45(50)47-33-41(56(5,6)7)21-26-51(47)58)17-18-40-20-25-52-46(32-40)48-34-42(57(8,9)10)22-27-53(48)59(52)43-23-28-55-49(35-43)44-15-12-13-16-54(44)60-55;1-4-6-7(3)5-2/h11-16,19-29,31-35H,17-18,30H2,1-10H3;4,6-7H,5H2,1-3H3/b14-11-,37-29+,38-36+;6-4+. The molecule has 3 heterocycles. The summed E-state index contributed by atoms with van der Waals surface area (Å²) in [6, 6.07) is 44.5. The highest BCUT2D eigenvalue weighted by Gasteiger charge is 2.21. The maximum Gasteiger partial charge on any atom is 0.0541 e. The zero-order chi connectivity index (χ0) is 47.8. The number of aromatic nitrogens is 2. The monoisotopic (exact) mass is 901 g/mol. The van der Waals surface area contributed by atoms with Crippen LogP contribution >= 0.6 is 11.3 Å². The lowest BCUT2D eigenvalue weighted by Gasteiger charge is -2.19. The first-order valence-corrected chi connectivity index (χ1v) is 25.5. The van der Waals surface area contributed by atoms with Crippen LogP contribution in [0.4, 0.5) is 0 Å². The van der Waals surface area contributed by atoms with Gasteiger partial charge in [-0.3, -0.25) is 0 Å². The molecule has 2 nitrogen and oxygen atoms in total. The van der Waals surface area contributed by atoms with E-state index in [1.165, 1.54) is 115 Å². The van der Waals surface area contributed by atoms with Crippen LogP contribution in [0.2, 0.25) is 0 Å². The van der Waals surface area contributed by atoms with Crippen LogP contribution in [0, 0.1) is 5.92 Å². The van der Waals surface area contributed by atoms with Crippen molar-refractivity contribution >= 4 is 75.1 Å². The van der Waals surface area contributed by atoms with Gasteiger partial charge in [0.05, 0.1) is 11.0 Å². The largest absolute Gasteiger partial charge is 0.337 e. The number of thiophene rings is 1. The second kappa shape index (κ2) is 19.4. The number of rotatable bonds is 10. The number of benzene rings is 6. The SMILES string of the molecule is C/C=C/C(C)CC.C\C=C/C(C)=C(C)/C(C)=C/Cn1c2ccc(CCc3ccc4c(c3)c3cc(C(C)(C)C)ccc3n4-c3ccc4sc5ccccc5c4c3)cc2c2cc(C(C)(C)C)ccc21. The van der Waals surface area contributed by atoms with Crippen molar-refractivity contribution in [3.05, 3.63) is 185 Å². The molecule has 1 atom stereocenters. The Balaban J connectivity index is 0.000000807. The molecule has 0 aliphatic rings. The van der Waals surface area contributed by atoms with E-state index in [0.717, 1.165) is 25.3 Å². The first-order chi connectivity index (χ1) is 32.0. The molecule has 0 radical (unpaired) electrons. The summed E-state index contributed by atoms with van der Waals surface area (Å²) in [5, 5.41) is 8.01. The lowest BCUT2D eigenvalue weighted by molar-refractivity contribution is 0.591. The first-order valence-electron chi connectivity index (χ1n) is 24.7. The van der Waals surface area contributed by atoms with Crippen molar-refractivity contribution in [2.24, 2.45) is 5.92 Å². The van der Waals surface area contributed by atoms with Crippen molar-refractivity contribution in [3.8, 4) is 5.69 Å². The molecule has 6 aromatic carbocycles. The summed E-state index contributed by atoms with van der Waals surface area (Å²) in [5.41, 5.74) is 15.9. The second-order valence-electron chi connectivity index (χ2n) is 21.0. The van der Waals surface area contributed by atoms with E-state index in [0.29, 0.717) is 0 Å². The molecular formula is C64H72N2S. The Hall–Kier alpha value is -5.90. The number of fused-ring (bicyclic) bond motifs is 9. The van der Waals surface area contributed by atoms with E-state index in [4.69, 9.17) is 0 Å². The first kappa shape index (κ1) is 47.6. The molecule has 67 heavy (non-hydrogen) atoms. The lowest BCUT2D eigenvalue weighted by atomic mass is 9.86. The maximum atomic E-state index is 2.51. The molecule has 0 saturated carbocycles. The third-order valence-corrected chi connectivity index (χ3v) is 15.3. The summed E-state index contributed by atoms with van der Waals surface area (Å²) in [4.78, 5) is 0. The van der Waals surface area contributed by atoms with Gasteiger partial charge in [-0.15, -0.1) is 11.3 Å². The molecule has 3 heteroatoms. The molecule has 1 unspecified atom stereocenters. The minimum absolute atomic E-state index is 0.0561. The molecule has 9 rings (SSSR count). The summed E-state index contributed by atoms with van der Waals surface area (Å²) < 4.78 is 7.67. The highest BCUT2D eigenvalue weighted by Crippen LogP contribution is 2.40. The van der Waals surface area contributed by atoms with Gasteiger partial charge in [0, 0.05) is 65.0 Å². The van der Waals surface area contributed by atoms with E-state index in [-0.39, 0.29) is 10.8 Å². The van der Waals surface area contributed by atoms with Gasteiger partial charge in [-0.05, 0) is 170 Å². The fourth-order valence-electron chi connectivity index (χ4n) is 9.61. The Morgan fingerprint density at radius 3 is 1.70 bits per heavy atom. The van der Waals surface area contributed by atoms with Crippen molar-refractivity contribution in [2.75, 3.05) is 0 Å². The van der Waals surface area contributed by atoms with Crippen LogP contribution in [0.15, 0.2) is 162 Å². The van der Waals surface area contributed by atoms with Gasteiger partial charge in [-0.25, -0.2) is 0 Å². The number of allylic oxidation sites excluding steroid dienone is 8. The summed E-state index contributed by atoms with van der Waals surface area (Å²) >= 11 is 1.88. The van der Waals surface area contributed by atoms with Crippen molar-refractivity contribution in [3.63, 3.8) is 0 Å². The quantitative estimate of drug-likeness (QED) is 0.0956. The summed E-state index contributed by atoms with van der Waals surface area (Å²) in [6.45, 7) is 30.0. The Bertz CT molecular complexity index is 3390. The Labute approximate surface area is 405 Å². The molecule has 0 saturated heterocycles. The molecule has 0 amide bonds. The fourth-order valence-corrected chi connectivity index (χ4v) is 10.7.